The standard InChI is InChI=1S/C17H22N6O2S2/c1-3-23-13(2)14(11-18-23)12-21-7-9-22(10-8-21)27(24,25)16-6-4-5-15-17(16)20-26-19-15/h4-6,11H,3,7-10,12H2,1-2H3. The molecule has 27 heavy (non-hydrogen) atoms. The van der Waals surface area contributed by atoms with E-state index in [1.807, 2.05) is 10.9 Å². The molecule has 3 heterocycles. The van der Waals surface area contributed by atoms with E-state index in [1.165, 1.54) is 11.3 Å². The number of benzene rings is 1. The summed E-state index contributed by atoms with van der Waals surface area (Å²) in [7, 11) is -3.57. The summed E-state index contributed by atoms with van der Waals surface area (Å²) in [5.74, 6) is 0. The maximum atomic E-state index is 13.1. The normalized spacial score (nSPS) is 17.0. The molecule has 0 aliphatic carbocycles. The van der Waals surface area contributed by atoms with Gasteiger partial charge in [-0.2, -0.15) is 18.2 Å². The highest BCUT2D eigenvalue weighted by Gasteiger charge is 2.30. The molecule has 0 saturated carbocycles. The van der Waals surface area contributed by atoms with Gasteiger partial charge in [0.15, 0.2) is 0 Å². The third kappa shape index (κ3) is 3.38. The Balaban J connectivity index is 1.47. The Morgan fingerprint density at radius 2 is 1.93 bits per heavy atom. The summed E-state index contributed by atoms with van der Waals surface area (Å²) in [6, 6.07) is 5.13. The maximum Gasteiger partial charge on any atom is 0.245 e. The van der Waals surface area contributed by atoms with Gasteiger partial charge in [-0.25, -0.2) is 8.42 Å². The SMILES string of the molecule is CCn1ncc(CN2CCN(S(=O)(=O)c3cccc4nsnc34)CC2)c1C. The summed E-state index contributed by atoms with van der Waals surface area (Å²) in [6.45, 7) is 8.14. The number of hydrogen-bond donors (Lipinski definition) is 0. The Labute approximate surface area is 162 Å². The second-order valence-electron chi connectivity index (χ2n) is 6.64. The van der Waals surface area contributed by atoms with Crippen molar-refractivity contribution in [1.82, 2.24) is 27.7 Å². The first-order valence-electron chi connectivity index (χ1n) is 8.95. The third-order valence-corrected chi connectivity index (χ3v) is 7.57. The largest absolute Gasteiger partial charge is 0.296 e. The number of aromatic nitrogens is 4. The zero-order chi connectivity index (χ0) is 19.0. The van der Waals surface area contributed by atoms with Crippen LogP contribution < -0.4 is 0 Å². The zero-order valence-electron chi connectivity index (χ0n) is 15.4. The van der Waals surface area contributed by atoms with Crippen LogP contribution in [0.15, 0.2) is 29.3 Å². The monoisotopic (exact) mass is 406 g/mol. The van der Waals surface area contributed by atoms with Crippen molar-refractivity contribution in [1.29, 1.82) is 0 Å². The zero-order valence-corrected chi connectivity index (χ0v) is 17.0. The molecule has 10 heteroatoms. The number of piperazine rings is 1. The van der Waals surface area contributed by atoms with Crippen LogP contribution in [0, 0.1) is 6.92 Å². The van der Waals surface area contributed by atoms with Crippen LogP contribution in [-0.2, 0) is 23.1 Å². The Morgan fingerprint density at radius 3 is 2.63 bits per heavy atom. The van der Waals surface area contributed by atoms with Gasteiger partial charge in [0.1, 0.15) is 15.9 Å². The van der Waals surface area contributed by atoms with Crippen LogP contribution in [0.1, 0.15) is 18.2 Å². The minimum Gasteiger partial charge on any atom is -0.296 e. The Kier molecular flexibility index (Phi) is 4.97. The fourth-order valence-electron chi connectivity index (χ4n) is 3.46. The van der Waals surface area contributed by atoms with Crippen molar-refractivity contribution >= 4 is 32.8 Å². The maximum absolute atomic E-state index is 13.1. The minimum absolute atomic E-state index is 0.252. The molecule has 1 saturated heterocycles. The van der Waals surface area contributed by atoms with Crippen LogP contribution in [0.2, 0.25) is 0 Å². The number of nitrogens with zero attached hydrogens (tertiary/aromatic N) is 6. The molecule has 0 bridgehead atoms. The molecule has 1 aliphatic rings. The highest BCUT2D eigenvalue weighted by Crippen LogP contribution is 2.25. The summed E-state index contributed by atoms with van der Waals surface area (Å²) in [4.78, 5) is 2.53. The van der Waals surface area contributed by atoms with Crippen molar-refractivity contribution in [2.24, 2.45) is 0 Å². The highest BCUT2D eigenvalue weighted by molar-refractivity contribution is 7.89. The van der Waals surface area contributed by atoms with Crippen molar-refractivity contribution < 1.29 is 8.42 Å². The molecule has 1 aromatic carbocycles. The molecule has 0 spiro atoms. The van der Waals surface area contributed by atoms with E-state index in [9.17, 15) is 8.42 Å². The van der Waals surface area contributed by atoms with Crippen molar-refractivity contribution in [2.75, 3.05) is 26.2 Å². The van der Waals surface area contributed by atoms with Gasteiger partial charge < -0.3 is 0 Å². The number of fused-ring (bicyclic) bond motifs is 1. The predicted molar refractivity (Wildman–Crippen MR) is 104 cm³/mol. The van der Waals surface area contributed by atoms with Crippen LogP contribution in [0.4, 0.5) is 0 Å². The molecule has 0 amide bonds. The molecule has 2 aromatic heterocycles. The Bertz CT molecular complexity index is 1050. The van der Waals surface area contributed by atoms with E-state index in [2.05, 4.69) is 32.6 Å². The molecule has 0 atom stereocenters. The number of rotatable bonds is 5. The third-order valence-electron chi connectivity index (χ3n) is 5.10. The van der Waals surface area contributed by atoms with E-state index in [-0.39, 0.29) is 4.90 Å². The first-order chi connectivity index (χ1) is 13.0. The van der Waals surface area contributed by atoms with Crippen molar-refractivity contribution in [3.63, 3.8) is 0 Å². The molecule has 4 rings (SSSR count). The molecule has 144 valence electrons. The number of sulfonamides is 1. The van der Waals surface area contributed by atoms with Crippen LogP contribution in [0.3, 0.4) is 0 Å². The molecule has 0 N–H and O–H groups in total. The molecule has 0 radical (unpaired) electrons. The van der Waals surface area contributed by atoms with Gasteiger partial charge >= 0.3 is 0 Å². The lowest BCUT2D eigenvalue weighted by Gasteiger charge is -2.33. The quantitative estimate of drug-likeness (QED) is 0.642. The van der Waals surface area contributed by atoms with E-state index in [0.29, 0.717) is 37.2 Å². The van der Waals surface area contributed by atoms with Gasteiger partial charge in [0.05, 0.1) is 17.9 Å². The van der Waals surface area contributed by atoms with Crippen LogP contribution in [-0.4, -0.2) is 62.3 Å². The van der Waals surface area contributed by atoms with E-state index < -0.39 is 10.0 Å². The lowest BCUT2D eigenvalue weighted by molar-refractivity contribution is 0.181. The Morgan fingerprint density at radius 1 is 1.15 bits per heavy atom. The summed E-state index contributed by atoms with van der Waals surface area (Å²) < 4.78 is 38.0. The molecule has 0 unspecified atom stereocenters. The molecular weight excluding hydrogens is 384 g/mol. The summed E-state index contributed by atoms with van der Waals surface area (Å²) in [5, 5.41) is 4.39. The fraction of sp³-hybridized carbons (Fsp3) is 0.471. The predicted octanol–water partition coefficient (Wildman–Crippen LogP) is 1.72. The minimum atomic E-state index is -3.57. The fourth-order valence-corrected chi connectivity index (χ4v) is 5.63. The van der Waals surface area contributed by atoms with Gasteiger partial charge in [-0.15, -0.1) is 0 Å². The molecule has 1 fully saturated rings. The van der Waals surface area contributed by atoms with Gasteiger partial charge in [-0.05, 0) is 26.0 Å². The van der Waals surface area contributed by atoms with Crippen molar-refractivity contribution in [3.8, 4) is 0 Å². The van der Waals surface area contributed by atoms with E-state index in [4.69, 9.17) is 0 Å². The topological polar surface area (TPSA) is 84.2 Å². The van der Waals surface area contributed by atoms with Gasteiger partial charge in [-0.3, -0.25) is 9.58 Å². The molecule has 3 aromatic rings. The lowest BCUT2D eigenvalue weighted by Crippen LogP contribution is -2.48. The molecular formula is C17H22N6O2S2. The summed E-state index contributed by atoms with van der Waals surface area (Å²) >= 11 is 1.04. The van der Waals surface area contributed by atoms with Gasteiger partial charge in [0.25, 0.3) is 0 Å². The first kappa shape index (κ1) is 18.5. The van der Waals surface area contributed by atoms with Gasteiger partial charge in [-0.1, -0.05) is 6.07 Å². The first-order valence-corrected chi connectivity index (χ1v) is 11.1. The van der Waals surface area contributed by atoms with E-state index in [0.717, 1.165) is 24.8 Å². The van der Waals surface area contributed by atoms with Crippen LogP contribution in [0.25, 0.3) is 11.0 Å². The average Bonchev–Trinajstić information content (AvgIpc) is 3.29. The van der Waals surface area contributed by atoms with Gasteiger partial charge in [0.2, 0.25) is 10.0 Å². The van der Waals surface area contributed by atoms with Gasteiger partial charge in [0, 0.05) is 50.5 Å². The highest BCUT2D eigenvalue weighted by atomic mass is 32.2. The average molecular weight is 407 g/mol. The second-order valence-corrected chi connectivity index (χ2v) is 9.07. The van der Waals surface area contributed by atoms with E-state index >= 15 is 0 Å². The lowest BCUT2D eigenvalue weighted by atomic mass is 10.2. The van der Waals surface area contributed by atoms with Crippen molar-refractivity contribution in [3.05, 3.63) is 35.7 Å². The smallest absolute Gasteiger partial charge is 0.245 e. The van der Waals surface area contributed by atoms with Crippen molar-refractivity contribution in [2.45, 2.75) is 31.8 Å². The molecule has 1 aliphatic heterocycles. The number of hydrogen-bond acceptors (Lipinski definition) is 7. The second kappa shape index (κ2) is 7.27. The Hall–Kier alpha value is -1.88. The van der Waals surface area contributed by atoms with Crippen LogP contribution in [0.5, 0.6) is 0 Å². The number of aryl methyl sites for hydroxylation is 1. The summed E-state index contributed by atoms with van der Waals surface area (Å²) in [5.41, 5.74) is 3.47. The molecule has 8 nitrogen and oxygen atoms in total. The summed E-state index contributed by atoms with van der Waals surface area (Å²) in [6.07, 6.45) is 1.91. The van der Waals surface area contributed by atoms with Crippen LogP contribution >= 0.6 is 11.7 Å². The van der Waals surface area contributed by atoms with E-state index in [1.54, 1.807) is 22.5 Å².